The quantitative estimate of drug-likeness (QED) is 0.363. The maximum atomic E-state index is 10.3. The van der Waals surface area contributed by atoms with Crippen LogP contribution in [0.1, 0.15) is 19.9 Å². The summed E-state index contributed by atoms with van der Waals surface area (Å²) in [4.78, 5) is 6.53. The summed E-state index contributed by atoms with van der Waals surface area (Å²) >= 11 is 0. The molecule has 0 bridgehead atoms. The normalized spacial score (nSPS) is 13.7. The van der Waals surface area contributed by atoms with Gasteiger partial charge in [0.2, 0.25) is 0 Å². The number of aliphatic hydroxyl groups is 2. The summed E-state index contributed by atoms with van der Waals surface area (Å²) in [5.74, 6) is 0.648. The van der Waals surface area contributed by atoms with E-state index in [-0.39, 0.29) is 12.6 Å². The first-order chi connectivity index (χ1) is 14.8. The van der Waals surface area contributed by atoms with Gasteiger partial charge in [0.15, 0.2) is 12.0 Å². The van der Waals surface area contributed by atoms with E-state index in [2.05, 4.69) is 15.7 Å². The summed E-state index contributed by atoms with van der Waals surface area (Å²) in [7, 11) is 5.36. The van der Waals surface area contributed by atoms with Gasteiger partial charge in [0.05, 0.1) is 23.0 Å². The number of hydrogen-bond donors (Lipinski definition) is 4. The van der Waals surface area contributed by atoms with E-state index < -0.39 is 12.5 Å². The van der Waals surface area contributed by atoms with Gasteiger partial charge < -0.3 is 25.6 Å². The molecule has 4 N–H and O–H groups in total. The smallest absolute Gasteiger partial charge is 0.183 e. The first kappa shape index (κ1) is 23.0. The van der Waals surface area contributed by atoms with Crippen LogP contribution >= 0.6 is 0 Å². The van der Waals surface area contributed by atoms with E-state index in [1.165, 1.54) is 0 Å². The predicted molar refractivity (Wildman–Crippen MR) is 122 cm³/mol. The van der Waals surface area contributed by atoms with Gasteiger partial charge in [-0.3, -0.25) is 4.90 Å². The van der Waals surface area contributed by atoms with Crippen molar-refractivity contribution in [2.45, 2.75) is 32.3 Å². The molecule has 31 heavy (non-hydrogen) atoms. The van der Waals surface area contributed by atoms with Crippen molar-refractivity contribution in [3.05, 3.63) is 36.5 Å². The summed E-state index contributed by atoms with van der Waals surface area (Å²) in [5, 5.41) is 31.6. The summed E-state index contributed by atoms with van der Waals surface area (Å²) in [6.07, 6.45) is 0.315. The molecule has 0 spiro atoms. The number of fused-ring (bicyclic) bond motifs is 1. The van der Waals surface area contributed by atoms with Gasteiger partial charge in [-0.05, 0) is 53.2 Å². The van der Waals surface area contributed by atoms with Gasteiger partial charge >= 0.3 is 0 Å². The molecule has 0 saturated heterocycles. The van der Waals surface area contributed by atoms with Gasteiger partial charge in [0.1, 0.15) is 18.5 Å². The van der Waals surface area contributed by atoms with Crippen molar-refractivity contribution >= 4 is 16.7 Å². The molecule has 0 aliphatic carbocycles. The Bertz CT molecular complexity index is 1000. The highest BCUT2D eigenvalue weighted by Gasteiger charge is 2.17. The molecule has 168 valence electrons. The Labute approximate surface area is 182 Å². The van der Waals surface area contributed by atoms with Crippen LogP contribution in [-0.4, -0.2) is 76.6 Å². The zero-order valence-electron chi connectivity index (χ0n) is 18.7. The van der Waals surface area contributed by atoms with Crippen molar-refractivity contribution in [2.75, 3.05) is 39.6 Å². The van der Waals surface area contributed by atoms with Crippen molar-refractivity contribution < 1.29 is 14.9 Å². The third-order valence-electron chi connectivity index (χ3n) is 4.84. The first-order valence-corrected chi connectivity index (χ1v) is 10.3. The number of rotatable bonds is 10. The highest BCUT2D eigenvalue weighted by atomic mass is 16.5. The van der Waals surface area contributed by atoms with Gasteiger partial charge in [-0.15, -0.1) is 0 Å². The van der Waals surface area contributed by atoms with Crippen LogP contribution in [0.3, 0.4) is 0 Å². The number of nitrogens with zero attached hydrogens (tertiary/aromatic N) is 4. The van der Waals surface area contributed by atoms with E-state index in [1.807, 2.05) is 48.9 Å². The average molecular weight is 429 g/mol. The standard InChI is InChI=1S/C22H32N6O3/c1-14(2)28-21-18(12-24-28)20(26-22(30)27(4)5)10-19(25-21)15-7-6-8-17(9-15)31-13-16(29)11-23-3/h6-10,12,14,16,22-23,29-30H,11,13H2,1-5H3,(H,25,26). The van der Waals surface area contributed by atoms with Gasteiger partial charge in [0.25, 0.3) is 0 Å². The Morgan fingerprint density at radius 2 is 1.97 bits per heavy atom. The predicted octanol–water partition coefficient (Wildman–Crippen LogP) is 1.89. The van der Waals surface area contributed by atoms with Crippen molar-refractivity contribution in [3.8, 4) is 17.0 Å². The molecular weight excluding hydrogens is 396 g/mol. The van der Waals surface area contributed by atoms with Crippen LogP contribution in [0.4, 0.5) is 5.69 Å². The van der Waals surface area contributed by atoms with E-state index in [9.17, 15) is 10.2 Å². The molecular formula is C22H32N6O3. The molecule has 0 amide bonds. The van der Waals surface area contributed by atoms with E-state index in [0.29, 0.717) is 12.3 Å². The Balaban J connectivity index is 1.99. The van der Waals surface area contributed by atoms with Crippen LogP contribution in [-0.2, 0) is 0 Å². The minimum absolute atomic E-state index is 0.134. The second kappa shape index (κ2) is 10.1. The van der Waals surface area contributed by atoms with E-state index in [0.717, 1.165) is 28.0 Å². The third kappa shape index (κ3) is 5.50. The zero-order valence-corrected chi connectivity index (χ0v) is 18.7. The zero-order chi connectivity index (χ0) is 22.5. The number of likely N-dealkylation sites (N-methyl/N-ethyl adjacent to an activating group) is 1. The minimum Gasteiger partial charge on any atom is -0.491 e. The largest absolute Gasteiger partial charge is 0.491 e. The van der Waals surface area contributed by atoms with Crippen molar-refractivity contribution in [2.24, 2.45) is 0 Å². The number of benzene rings is 1. The Hall–Kier alpha value is -2.72. The van der Waals surface area contributed by atoms with Crippen LogP contribution in [0, 0.1) is 0 Å². The molecule has 0 fully saturated rings. The summed E-state index contributed by atoms with van der Waals surface area (Å²) in [5.41, 5.74) is 3.06. The molecule has 3 aromatic rings. The number of ether oxygens (including phenoxy) is 1. The SMILES string of the molecule is CNCC(O)COc1cccc(-c2cc(NC(O)N(C)C)c3cnn(C(C)C)c3n2)c1. The maximum Gasteiger partial charge on any atom is 0.183 e. The Morgan fingerprint density at radius 1 is 1.19 bits per heavy atom. The van der Waals surface area contributed by atoms with Gasteiger partial charge in [-0.1, -0.05) is 12.1 Å². The molecule has 0 saturated carbocycles. The lowest BCUT2D eigenvalue weighted by atomic mass is 10.1. The minimum atomic E-state index is -0.857. The molecule has 2 aromatic heterocycles. The molecule has 1 aromatic carbocycles. The van der Waals surface area contributed by atoms with E-state index in [1.54, 1.807) is 32.2 Å². The molecule has 2 heterocycles. The molecule has 0 aliphatic rings. The fraction of sp³-hybridized carbons (Fsp3) is 0.455. The lowest BCUT2D eigenvalue weighted by Crippen LogP contribution is -2.34. The second-order valence-electron chi connectivity index (χ2n) is 8.01. The van der Waals surface area contributed by atoms with Crippen LogP contribution in [0.15, 0.2) is 36.5 Å². The molecule has 9 heteroatoms. The highest BCUT2D eigenvalue weighted by molar-refractivity contribution is 5.92. The van der Waals surface area contributed by atoms with Crippen LogP contribution in [0.2, 0.25) is 0 Å². The summed E-state index contributed by atoms with van der Waals surface area (Å²) < 4.78 is 7.61. The Kier molecular flexibility index (Phi) is 7.45. The molecule has 3 rings (SSSR count). The maximum absolute atomic E-state index is 10.3. The molecule has 9 nitrogen and oxygen atoms in total. The first-order valence-electron chi connectivity index (χ1n) is 10.3. The summed E-state index contributed by atoms with van der Waals surface area (Å²) in [6.45, 7) is 4.75. The number of aromatic nitrogens is 3. The van der Waals surface area contributed by atoms with Crippen LogP contribution in [0.25, 0.3) is 22.3 Å². The highest BCUT2D eigenvalue weighted by Crippen LogP contribution is 2.31. The molecule has 2 unspecified atom stereocenters. The number of aliphatic hydroxyl groups excluding tert-OH is 2. The third-order valence-corrected chi connectivity index (χ3v) is 4.84. The fourth-order valence-corrected chi connectivity index (χ4v) is 3.16. The number of nitrogens with one attached hydrogen (secondary N) is 2. The monoisotopic (exact) mass is 428 g/mol. The van der Waals surface area contributed by atoms with Gasteiger partial charge in [0, 0.05) is 18.2 Å². The van der Waals surface area contributed by atoms with Gasteiger partial charge in [-0.2, -0.15) is 5.10 Å². The van der Waals surface area contributed by atoms with Crippen molar-refractivity contribution in [1.82, 2.24) is 25.0 Å². The topological polar surface area (TPSA) is 108 Å². The average Bonchev–Trinajstić information content (AvgIpc) is 3.17. The van der Waals surface area contributed by atoms with Crippen molar-refractivity contribution in [1.29, 1.82) is 0 Å². The number of pyridine rings is 1. The van der Waals surface area contributed by atoms with Gasteiger partial charge in [-0.25, -0.2) is 9.67 Å². The van der Waals surface area contributed by atoms with Crippen molar-refractivity contribution in [3.63, 3.8) is 0 Å². The fourth-order valence-electron chi connectivity index (χ4n) is 3.16. The van der Waals surface area contributed by atoms with E-state index in [4.69, 9.17) is 9.72 Å². The second-order valence-corrected chi connectivity index (χ2v) is 8.01. The molecule has 0 radical (unpaired) electrons. The van der Waals surface area contributed by atoms with E-state index >= 15 is 0 Å². The molecule has 2 atom stereocenters. The Morgan fingerprint density at radius 3 is 2.65 bits per heavy atom. The van der Waals surface area contributed by atoms with Crippen LogP contribution in [0.5, 0.6) is 5.75 Å². The lowest BCUT2D eigenvalue weighted by molar-refractivity contribution is 0.0661. The summed E-state index contributed by atoms with van der Waals surface area (Å²) in [6, 6.07) is 9.62. The lowest BCUT2D eigenvalue weighted by Gasteiger charge is -2.21. The molecule has 0 aliphatic heterocycles. The number of hydrogen-bond acceptors (Lipinski definition) is 8. The number of anilines is 1. The van der Waals surface area contributed by atoms with Crippen LogP contribution < -0.4 is 15.4 Å².